The van der Waals surface area contributed by atoms with E-state index in [0.717, 1.165) is 0 Å². The van der Waals surface area contributed by atoms with Gasteiger partial charge in [0.05, 0.1) is 35.9 Å². The van der Waals surface area contributed by atoms with Gasteiger partial charge in [0.25, 0.3) is 0 Å². The molecule has 4 rings (SSSR count). The van der Waals surface area contributed by atoms with E-state index in [1.165, 1.54) is 36.1 Å². The van der Waals surface area contributed by atoms with E-state index in [1.807, 2.05) is 0 Å². The number of cyclic esters (lactones) is 1. The SMILES string of the molecule is C[C@@H](O[C@H]1CN2C(=O)OC[C@H]2[C@@H]1c1ccc(F)cc1)c1cc(C(F)(F)F)cc(C(F)(F)F)c1. The molecule has 2 aromatic rings. The summed E-state index contributed by atoms with van der Waals surface area (Å²) >= 11 is 0. The van der Waals surface area contributed by atoms with Crippen LogP contribution in [0.1, 0.15) is 41.2 Å². The molecule has 2 aliphatic rings. The van der Waals surface area contributed by atoms with Crippen LogP contribution in [-0.2, 0) is 21.8 Å². The van der Waals surface area contributed by atoms with Crippen molar-refractivity contribution in [1.82, 2.24) is 4.90 Å². The Hall–Kier alpha value is -2.82. The number of rotatable bonds is 4. The van der Waals surface area contributed by atoms with Crippen LogP contribution in [0.3, 0.4) is 0 Å². The number of benzene rings is 2. The number of hydrogen-bond acceptors (Lipinski definition) is 3. The molecule has 178 valence electrons. The van der Waals surface area contributed by atoms with Crippen LogP contribution >= 0.6 is 0 Å². The number of hydrogen-bond donors (Lipinski definition) is 0. The average Bonchev–Trinajstić information content (AvgIpc) is 3.26. The first-order chi connectivity index (χ1) is 15.3. The fourth-order valence-electron chi connectivity index (χ4n) is 4.33. The van der Waals surface area contributed by atoms with Crippen molar-refractivity contribution in [2.45, 2.75) is 43.4 Å². The lowest BCUT2D eigenvalue weighted by molar-refractivity contribution is -0.143. The van der Waals surface area contributed by atoms with E-state index < -0.39 is 59.6 Å². The minimum absolute atomic E-state index is 0.0287. The lowest BCUT2D eigenvalue weighted by Gasteiger charge is -2.26. The number of carbonyl (C=O) groups is 1. The first kappa shape index (κ1) is 23.3. The van der Waals surface area contributed by atoms with E-state index >= 15 is 0 Å². The maximum Gasteiger partial charge on any atom is 0.416 e. The molecule has 0 bridgehead atoms. The largest absolute Gasteiger partial charge is 0.447 e. The maximum absolute atomic E-state index is 13.4. The van der Waals surface area contributed by atoms with Gasteiger partial charge in [-0.2, -0.15) is 26.3 Å². The third kappa shape index (κ3) is 4.64. The van der Waals surface area contributed by atoms with Crippen LogP contribution in [0.2, 0.25) is 0 Å². The highest BCUT2D eigenvalue weighted by molar-refractivity contribution is 5.71. The molecule has 0 aromatic heterocycles. The van der Waals surface area contributed by atoms with Gasteiger partial charge in [-0.05, 0) is 48.4 Å². The Kier molecular flexibility index (Phi) is 5.80. The van der Waals surface area contributed by atoms with Crippen molar-refractivity contribution >= 4 is 6.09 Å². The van der Waals surface area contributed by atoms with Crippen molar-refractivity contribution < 1.29 is 45.0 Å². The molecule has 0 unspecified atom stereocenters. The lowest BCUT2D eigenvalue weighted by Crippen LogP contribution is -2.29. The summed E-state index contributed by atoms with van der Waals surface area (Å²) < 4.78 is 104. The summed E-state index contributed by atoms with van der Waals surface area (Å²) in [5.41, 5.74) is -2.56. The molecule has 1 amide bonds. The Morgan fingerprint density at radius 1 is 1.00 bits per heavy atom. The van der Waals surface area contributed by atoms with E-state index in [-0.39, 0.29) is 24.8 Å². The summed E-state index contributed by atoms with van der Waals surface area (Å²) in [7, 11) is 0. The predicted molar refractivity (Wildman–Crippen MR) is 101 cm³/mol. The van der Waals surface area contributed by atoms with E-state index in [1.54, 1.807) is 0 Å². The van der Waals surface area contributed by atoms with Crippen LogP contribution in [0.15, 0.2) is 42.5 Å². The molecule has 2 aromatic carbocycles. The summed E-state index contributed by atoms with van der Waals surface area (Å²) in [4.78, 5) is 13.4. The number of amides is 1. The molecule has 2 aliphatic heterocycles. The van der Waals surface area contributed by atoms with Crippen molar-refractivity contribution in [3.63, 3.8) is 0 Å². The molecule has 0 saturated carbocycles. The van der Waals surface area contributed by atoms with E-state index in [9.17, 15) is 35.5 Å². The van der Waals surface area contributed by atoms with Crippen LogP contribution in [0.4, 0.5) is 35.5 Å². The van der Waals surface area contributed by atoms with Gasteiger partial charge in [0.15, 0.2) is 0 Å². The number of alkyl halides is 6. The molecule has 11 heteroatoms. The minimum atomic E-state index is -4.98. The number of ether oxygens (including phenoxy) is 2. The Balaban J connectivity index is 1.66. The molecular formula is C22H18F7NO3. The first-order valence-corrected chi connectivity index (χ1v) is 9.98. The standard InChI is InChI=1S/C22H18F7NO3/c1-11(13-6-14(21(24,25)26)8-15(7-13)22(27,28)29)33-18-9-30-17(10-32-20(30)31)19(18)12-2-4-16(23)5-3-12/h2-8,11,17-19H,9-10H2,1H3/t11-,17+,18+,19+/m1/s1. The number of carbonyl (C=O) groups excluding carboxylic acids is 1. The summed E-state index contributed by atoms with van der Waals surface area (Å²) in [5.74, 6) is -0.991. The fourth-order valence-corrected chi connectivity index (χ4v) is 4.33. The smallest absolute Gasteiger partial charge is 0.416 e. The highest BCUT2D eigenvalue weighted by atomic mass is 19.4. The van der Waals surface area contributed by atoms with Gasteiger partial charge in [-0.1, -0.05) is 12.1 Å². The van der Waals surface area contributed by atoms with Gasteiger partial charge >= 0.3 is 18.4 Å². The number of nitrogens with zero attached hydrogens (tertiary/aromatic N) is 1. The van der Waals surface area contributed by atoms with E-state index in [4.69, 9.17) is 9.47 Å². The normalized spacial score (nSPS) is 24.1. The predicted octanol–water partition coefficient (Wildman–Crippen LogP) is 5.93. The van der Waals surface area contributed by atoms with Crippen LogP contribution in [-0.4, -0.2) is 36.3 Å². The Morgan fingerprint density at radius 3 is 2.12 bits per heavy atom. The highest BCUT2D eigenvalue weighted by Gasteiger charge is 2.50. The van der Waals surface area contributed by atoms with E-state index in [0.29, 0.717) is 17.7 Å². The molecule has 0 N–H and O–H groups in total. The zero-order valence-electron chi connectivity index (χ0n) is 17.1. The molecule has 4 atom stereocenters. The molecule has 2 heterocycles. The molecule has 0 aliphatic carbocycles. The molecule has 0 radical (unpaired) electrons. The third-order valence-corrected chi connectivity index (χ3v) is 5.92. The summed E-state index contributed by atoms with van der Waals surface area (Å²) in [6.45, 7) is 1.41. The minimum Gasteiger partial charge on any atom is -0.447 e. The van der Waals surface area contributed by atoms with Gasteiger partial charge in [0.2, 0.25) is 0 Å². The van der Waals surface area contributed by atoms with Crippen molar-refractivity contribution in [3.05, 3.63) is 70.5 Å². The van der Waals surface area contributed by atoms with Gasteiger partial charge in [-0.15, -0.1) is 0 Å². The Labute approximate surface area is 183 Å². The summed E-state index contributed by atoms with van der Waals surface area (Å²) in [5, 5.41) is 0. The Bertz CT molecular complexity index is 1000. The van der Waals surface area contributed by atoms with Gasteiger partial charge in [-0.25, -0.2) is 9.18 Å². The molecule has 2 saturated heterocycles. The number of fused-ring (bicyclic) bond motifs is 1. The van der Waals surface area contributed by atoms with Crippen molar-refractivity contribution in [1.29, 1.82) is 0 Å². The summed E-state index contributed by atoms with van der Waals surface area (Å²) in [6.07, 6.45) is -12.5. The second-order valence-corrected chi connectivity index (χ2v) is 8.03. The topological polar surface area (TPSA) is 38.8 Å². The Morgan fingerprint density at radius 2 is 1.58 bits per heavy atom. The maximum atomic E-state index is 13.4. The van der Waals surface area contributed by atoms with Gasteiger partial charge < -0.3 is 9.47 Å². The molecule has 2 fully saturated rings. The highest BCUT2D eigenvalue weighted by Crippen LogP contribution is 2.42. The van der Waals surface area contributed by atoms with Gasteiger partial charge in [-0.3, -0.25) is 4.90 Å². The van der Waals surface area contributed by atoms with E-state index in [2.05, 4.69) is 0 Å². The third-order valence-electron chi connectivity index (χ3n) is 5.92. The van der Waals surface area contributed by atoms with Crippen molar-refractivity contribution in [2.24, 2.45) is 0 Å². The molecule has 0 spiro atoms. The quantitative estimate of drug-likeness (QED) is 0.513. The number of halogens is 7. The second kappa shape index (κ2) is 8.19. The average molecular weight is 477 g/mol. The van der Waals surface area contributed by atoms with Crippen LogP contribution < -0.4 is 0 Å². The van der Waals surface area contributed by atoms with Crippen molar-refractivity contribution in [3.8, 4) is 0 Å². The van der Waals surface area contributed by atoms with Crippen LogP contribution in [0, 0.1) is 5.82 Å². The van der Waals surface area contributed by atoms with Crippen LogP contribution in [0.5, 0.6) is 0 Å². The first-order valence-electron chi connectivity index (χ1n) is 9.98. The lowest BCUT2D eigenvalue weighted by atomic mass is 9.90. The zero-order valence-corrected chi connectivity index (χ0v) is 17.1. The second-order valence-electron chi connectivity index (χ2n) is 8.03. The van der Waals surface area contributed by atoms with Crippen molar-refractivity contribution in [2.75, 3.05) is 13.2 Å². The monoisotopic (exact) mass is 477 g/mol. The van der Waals surface area contributed by atoms with Gasteiger partial charge in [0, 0.05) is 5.92 Å². The molecule has 4 nitrogen and oxygen atoms in total. The van der Waals surface area contributed by atoms with Gasteiger partial charge in [0.1, 0.15) is 12.4 Å². The summed E-state index contributed by atoms with van der Waals surface area (Å²) in [6, 6.07) is 6.29. The molecular weight excluding hydrogens is 459 g/mol. The fraction of sp³-hybridized carbons (Fsp3) is 0.409. The molecule has 33 heavy (non-hydrogen) atoms. The zero-order chi connectivity index (χ0) is 24.1. The van der Waals surface area contributed by atoms with Crippen LogP contribution in [0.25, 0.3) is 0 Å².